The molecule has 22 heteroatoms. The predicted molar refractivity (Wildman–Crippen MR) is 255 cm³/mol. The van der Waals surface area contributed by atoms with E-state index in [1.807, 2.05) is 42.0 Å². The van der Waals surface area contributed by atoms with E-state index < -0.39 is 0 Å². The standard InChI is InChI=1S/C45H83N22/c1-10-65(11-2,12-3)37-43-34-60(56-51-43)23-19-22-47-28-40(48-46)29-59(30-41-32-61(54-49-41)24-20-26-63-35-44(52-57-63)38-66(13-4,14-5)15-6)31-42-33-62(55-50-42)25-21-27-64-36-45(53-58-64)39-67(16-7,17-8)18-9/h28,32-36,46-47H,10-27,29-31,37-39H2,1-9H3/q+3/p+1. The third-order valence-corrected chi connectivity index (χ3v) is 14.4. The molecule has 0 aliphatic carbocycles. The average Bonchev–Trinajstić information content (AvgIpc) is 4.23. The van der Waals surface area contributed by atoms with Gasteiger partial charge in [-0.05, 0) is 75.2 Å². The third kappa shape index (κ3) is 15.7. The van der Waals surface area contributed by atoms with Gasteiger partial charge in [-0.15, -0.1) is 25.5 Å². The summed E-state index contributed by atoms with van der Waals surface area (Å²) in [5, 5.41) is 50.8. The molecule has 5 rings (SSSR count). The summed E-state index contributed by atoms with van der Waals surface area (Å²) in [5.41, 5.74) is 13.5. The molecule has 0 atom stereocenters. The van der Waals surface area contributed by atoms with Gasteiger partial charge in [0.25, 0.3) is 0 Å². The molecule has 0 radical (unpaired) electrons. The van der Waals surface area contributed by atoms with Gasteiger partial charge in [0.05, 0.1) is 95.4 Å². The van der Waals surface area contributed by atoms with Crippen molar-refractivity contribution in [1.29, 1.82) is 5.53 Å². The Kier molecular flexibility index (Phi) is 20.8. The van der Waals surface area contributed by atoms with E-state index in [0.717, 1.165) is 166 Å². The molecule has 22 nitrogen and oxygen atoms in total. The van der Waals surface area contributed by atoms with Crippen LogP contribution >= 0.6 is 0 Å². The van der Waals surface area contributed by atoms with Crippen LogP contribution in [-0.2, 0) is 65.4 Å². The highest BCUT2D eigenvalue weighted by Gasteiger charge is 2.25. The minimum atomic E-state index is 0.434. The van der Waals surface area contributed by atoms with Gasteiger partial charge in [0.15, 0.2) is 0 Å². The van der Waals surface area contributed by atoms with Crippen molar-refractivity contribution < 1.29 is 18.8 Å². The smallest absolute Gasteiger partial charge is 0.137 e. The normalized spacial score (nSPS) is 12.8. The van der Waals surface area contributed by atoms with Gasteiger partial charge < -0.3 is 18.8 Å². The molecule has 67 heavy (non-hydrogen) atoms. The van der Waals surface area contributed by atoms with E-state index in [-0.39, 0.29) is 0 Å². The molecule has 0 bridgehead atoms. The highest BCUT2D eigenvalue weighted by atomic mass is 15.5. The number of quaternary nitrogens is 4. The highest BCUT2D eigenvalue weighted by molar-refractivity contribution is 5.02. The fourth-order valence-corrected chi connectivity index (χ4v) is 9.01. The quantitative estimate of drug-likeness (QED) is 0.0342. The van der Waals surface area contributed by atoms with Crippen molar-refractivity contribution in [2.75, 3.05) is 72.0 Å². The van der Waals surface area contributed by atoms with E-state index in [9.17, 15) is 0 Å². The van der Waals surface area contributed by atoms with Crippen LogP contribution in [0.15, 0.2) is 48.0 Å². The van der Waals surface area contributed by atoms with E-state index in [0.29, 0.717) is 38.4 Å². The van der Waals surface area contributed by atoms with Crippen molar-refractivity contribution in [2.45, 2.75) is 147 Å². The Morgan fingerprint density at radius 3 is 1.10 bits per heavy atom. The number of rotatable bonds is 35. The summed E-state index contributed by atoms with van der Waals surface area (Å²) in [6.45, 7) is 38.6. The number of nitrogens with one attached hydrogen (secondary N) is 1. The first kappa shape index (κ1) is 52.8. The molecule has 0 aromatic carbocycles. The Bertz CT molecular complexity index is 2050. The van der Waals surface area contributed by atoms with E-state index in [1.54, 1.807) is 0 Å². The molecule has 0 unspecified atom stereocenters. The minimum Gasteiger partial charge on any atom is -0.319 e. The van der Waals surface area contributed by atoms with Gasteiger partial charge in [-0.2, -0.15) is 5.11 Å². The van der Waals surface area contributed by atoms with Gasteiger partial charge in [-0.3, -0.25) is 28.3 Å². The van der Waals surface area contributed by atoms with Gasteiger partial charge in [0.1, 0.15) is 48.6 Å². The van der Waals surface area contributed by atoms with Crippen LogP contribution in [0, 0.1) is 5.53 Å². The van der Waals surface area contributed by atoms with Crippen molar-refractivity contribution in [3.05, 3.63) is 71.4 Å². The summed E-state index contributed by atoms with van der Waals surface area (Å²) in [6.07, 6.45) is 14.8. The molecule has 0 saturated heterocycles. The summed E-state index contributed by atoms with van der Waals surface area (Å²) >= 11 is 0. The first-order chi connectivity index (χ1) is 32.5. The molecular formula is C45H84N22+4. The molecule has 0 amide bonds. The zero-order valence-corrected chi connectivity index (χ0v) is 42.5. The van der Waals surface area contributed by atoms with Gasteiger partial charge in [0.2, 0.25) is 0 Å². The topological polar surface area (TPSA) is 210 Å². The zero-order valence-electron chi connectivity index (χ0n) is 42.5. The maximum Gasteiger partial charge on any atom is 0.137 e. The summed E-state index contributed by atoms with van der Waals surface area (Å²) < 4.78 is 12.6. The van der Waals surface area contributed by atoms with Gasteiger partial charge in [-0.1, -0.05) is 26.1 Å². The van der Waals surface area contributed by atoms with Gasteiger partial charge >= 0.3 is 0 Å². The number of nitrogens with zero attached hydrogens (tertiary/aromatic N) is 20. The van der Waals surface area contributed by atoms with Crippen molar-refractivity contribution in [3.63, 3.8) is 0 Å². The van der Waals surface area contributed by atoms with Crippen LogP contribution in [0.4, 0.5) is 0 Å². The number of aryl methyl sites for hydroxylation is 5. The van der Waals surface area contributed by atoms with Crippen molar-refractivity contribution in [1.82, 2.24) is 79.9 Å². The van der Waals surface area contributed by atoms with Crippen LogP contribution < -0.4 is 5.32 Å². The van der Waals surface area contributed by atoms with Crippen LogP contribution in [-0.4, -0.2) is 165 Å². The molecule has 0 spiro atoms. The van der Waals surface area contributed by atoms with E-state index in [4.69, 9.17) is 5.53 Å². The maximum absolute atomic E-state index is 8.10. The second-order valence-corrected chi connectivity index (χ2v) is 18.2. The lowest BCUT2D eigenvalue weighted by atomic mass is 10.3. The van der Waals surface area contributed by atoms with Crippen molar-refractivity contribution in [2.24, 2.45) is 5.11 Å². The number of hydrogen-bond acceptors (Lipinski definition) is 13. The fourth-order valence-electron chi connectivity index (χ4n) is 9.01. The molecule has 0 saturated carbocycles. The minimum absolute atomic E-state index is 0.434. The van der Waals surface area contributed by atoms with Crippen molar-refractivity contribution in [3.8, 4) is 0 Å². The lowest BCUT2D eigenvalue weighted by Gasteiger charge is -2.34. The molecule has 5 aromatic heterocycles. The monoisotopic (exact) mass is 933 g/mol. The Morgan fingerprint density at radius 1 is 0.493 bits per heavy atom. The van der Waals surface area contributed by atoms with Crippen LogP contribution in [0.3, 0.4) is 0 Å². The maximum atomic E-state index is 8.10. The Labute approximate surface area is 398 Å². The van der Waals surface area contributed by atoms with Crippen LogP contribution in [0.2, 0.25) is 0 Å². The van der Waals surface area contributed by atoms with Crippen LogP contribution in [0.5, 0.6) is 0 Å². The molecular weight excluding hydrogens is 849 g/mol. The van der Waals surface area contributed by atoms with Crippen molar-refractivity contribution >= 4 is 0 Å². The Morgan fingerprint density at radius 2 is 0.791 bits per heavy atom. The zero-order chi connectivity index (χ0) is 48.1. The van der Waals surface area contributed by atoms with Gasteiger partial charge in [-0.25, -0.2) is 5.53 Å². The fraction of sp³-hybridized carbons (Fsp3) is 0.733. The average molecular weight is 933 g/mol. The molecule has 5 heterocycles. The van der Waals surface area contributed by atoms with Gasteiger partial charge in [0, 0.05) is 71.2 Å². The SMILES string of the molecule is CC[N+](CC)(CC)Cc1cn(CCC[NH2+]C=C(CN(Cc2cn(CCCn3cc(C[N+](CC)(CC)CC)nn3)nn2)Cc2cn(CCCn3cc(C[N+](CC)(CC)CC)nn3)nn2)N=N)nn1. The lowest BCUT2D eigenvalue weighted by molar-refractivity contribution is -0.936. The molecule has 0 aliphatic rings. The van der Waals surface area contributed by atoms with Crippen LogP contribution in [0.1, 0.15) is 110 Å². The third-order valence-electron chi connectivity index (χ3n) is 14.4. The molecule has 0 fully saturated rings. The molecule has 3 N–H and O–H groups in total. The lowest BCUT2D eigenvalue weighted by Crippen LogP contribution is -2.78. The number of aromatic nitrogens is 15. The van der Waals surface area contributed by atoms with E-state index >= 15 is 0 Å². The molecule has 0 aliphatic heterocycles. The Hall–Kier alpha value is -5.16. The summed E-state index contributed by atoms with van der Waals surface area (Å²) in [6, 6.07) is 0. The number of hydrogen-bond donors (Lipinski definition) is 2. The predicted octanol–water partition coefficient (Wildman–Crippen LogP) is 3.48. The first-order valence-electron chi connectivity index (χ1n) is 25.1. The van der Waals surface area contributed by atoms with Crippen LogP contribution in [0.25, 0.3) is 0 Å². The van der Waals surface area contributed by atoms with E-state index in [1.165, 1.54) is 0 Å². The summed E-state index contributed by atoms with van der Waals surface area (Å²) in [5.74, 6) is 0. The first-order valence-corrected chi connectivity index (χ1v) is 25.1. The Balaban J connectivity index is 1.17. The van der Waals surface area contributed by atoms with E-state index in [2.05, 4.69) is 148 Å². The summed E-state index contributed by atoms with van der Waals surface area (Å²) in [7, 11) is 0. The molecule has 370 valence electrons. The second-order valence-electron chi connectivity index (χ2n) is 18.2. The molecule has 5 aromatic rings. The number of nitrogens with two attached hydrogens (primary N) is 1. The summed E-state index contributed by atoms with van der Waals surface area (Å²) in [4.78, 5) is 2.19. The highest BCUT2D eigenvalue weighted by Crippen LogP contribution is 2.16. The second kappa shape index (κ2) is 26.4. The largest absolute Gasteiger partial charge is 0.319 e.